The number of amides is 1. The number of ether oxygens (including phenoxy) is 1. The van der Waals surface area contributed by atoms with Gasteiger partial charge in [0.05, 0.1) is 0 Å². The van der Waals surface area contributed by atoms with E-state index in [1.165, 1.54) is 6.07 Å². The van der Waals surface area contributed by atoms with Crippen molar-refractivity contribution >= 4 is 5.91 Å². The monoisotopic (exact) mass is 374 g/mol. The highest BCUT2D eigenvalue weighted by molar-refractivity contribution is 5.82. The summed E-state index contributed by atoms with van der Waals surface area (Å²) in [5, 5.41) is 6.29. The number of benzene rings is 2. The van der Waals surface area contributed by atoms with Gasteiger partial charge in [0.15, 0.2) is 11.6 Å². The molecule has 0 aromatic heterocycles. The molecule has 1 unspecified atom stereocenters. The molecule has 1 atom stereocenters. The predicted octanol–water partition coefficient (Wildman–Crippen LogP) is 3.59. The molecule has 3 rings (SSSR count). The van der Waals surface area contributed by atoms with Crippen molar-refractivity contribution in [3.05, 3.63) is 65.7 Å². The molecule has 0 radical (unpaired) electrons. The van der Waals surface area contributed by atoms with Gasteiger partial charge in [-0.2, -0.15) is 0 Å². The average molecular weight is 374 g/mol. The summed E-state index contributed by atoms with van der Waals surface area (Å²) in [5.74, 6) is -2.17. The normalized spacial score (nSPS) is 17.1. The Morgan fingerprint density at radius 3 is 2.52 bits per heavy atom. The van der Waals surface area contributed by atoms with Crippen molar-refractivity contribution in [1.29, 1.82) is 0 Å². The zero-order valence-corrected chi connectivity index (χ0v) is 15.3. The Hall–Kier alpha value is -2.47. The van der Waals surface area contributed by atoms with Crippen molar-refractivity contribution in [3.8, 4) is 5.75 Å². The second-order valence-corrected chi connectivity index (χ2v) is 7.26. The maximum absolute atomic E-state index is 13.5. The molecule has 1 saturated heterocycles. The standard InChI is InChI=1S/C21H24F2N2O2/c1-21(9-11-24-12-10-21)14-25-20(26)19(15-5-3-2-4-6-15)27-16-7-8-17(22)18(23)13-16/h2-8,13,19,24H,9-12,14H2,1H3,(H,25,26). The number of halogens is 2. The van der Waals surface area contributed by atoms with Crippen LogP contribution < -0.4 is 15.4 Å². The largest absolute Gasteiger partial charge is 0.476 e. The molecule has 2 aromatic rings. The maximum atomic E-state index is 13.5. The smallest absolute Gasteiger partial charge is 0.265 e. The topological polar surface area (TPSA) is 50.4 Å². The summed E-state index contributed by atoms with van der Waals surface area (Å²) in [6.45, 7) is 4.56. The molecule has 1 aliphatic rings. The molecular formula is C21H24F2N2O2. The highest BCUT2D eigenvalue weighted by Gasteiger charge is 2.29. The third-order valence-corrected chi connectivity index (χ3v) is 4.99. The van der Waals surface area contributed by atoms with Crippen molar-refractivity contribution in [2.45, 2.75) is 25.9 Å². The molecule has 1 heterocycles. The summed E-state index contributed by atoms with van der Waals surface area (Å²) in [6, 6.07) is 12.2. The van der Waals surface area contributed by atoms with E-state index in [-0.39, 0.29) is 17.1 Å². The van der Waals surface area contributed by atoms with E-state index in [1.807, 2.05) is 6.07 Å². The number of nitrogens with one attached hydrogen (secondary N) is 2. The van der Waals surface area contributed by atoms with Crippen LogP contribution in [0.15, 0.2) is 48.5 Å². The fourth-order valence-corrected chi connectivity index (χ4v) is 3.19. The summed E-state index contributed by atoms with van der Waals surface area (Å²) in [6.07, 6.45) is 1.02. The van der Waals surface area contributed by atoms with Crippen molar-refractivity contribution in [1.82, 2.24) is 10.6 Å². The van der Waals surface area contributed by atoms with E-state index < -0.39 is 17.7 Å². The van der Waals surface area contributed by atoms with Crippen molar-refractivity contribution in [2.75, 3.05) is 19.6 Å². The third-order valence-electron chi connectivity index (χ3n) is 4.99. The van der Waals surface area contributed by atoms with E-state index in [0.29, 0.717) is 12.1 Å². The summed E-state index contributed by atoms with van der Waals surface area (Å²) in [7, 11) is 0. The molecule has 0 aliphatic carbocycles. The summed E-state index contributed by atoms with van der Waals surface area (Å²) < 4.78 is 32.4. The average Bonchev–Trinajstić information content (AvgIpc) is 2.68. The second kappa shape index (κ2) is 8.48. The van der Waals surface area contributed by atoms with Crippen LogP contribution in [0.25, 0.3) is 0 Å². The fourth-order valence-electron chi connectivity index (χ4n) is 3.19. The predicted molar refractivity (Wildman–Crippen MR) is 99.4 cm³/mol. The Morgan fingerprint density at radius 1 is 1.15 bits per heavy atom. The highest BCUT2D eigenvalue weighted by Crippen LogP contribution is 2.28. The minimum Gasteiger partial charge on any atom is -0.476 e. The van der Waals surface area contributed by atoms with Crippen LogP contribution in [-0.2, 0) is 4.79 Å². The van der Waals surface area contributed by atoms with Crippen LogP contribution in [0.1, 0.15) is 31.4 Å². The summed E-state index contributed by atoms with van der Waals surface area (Å²) in [5.41, 5.74) is 0.680. The first-order valence-electron chi connectivity index (χ1n) is 9.12. The number of hydrogen-bond donors (Lipinski definition) is 2. The van der Waals surface area contributed by atoms with Gasteiger partial charge >= 0.3 is 0 Å². The van der Waals surface area contributed by atoms with Crippen LogP contribution in [0.3, 0.4) is 0 Å². The lowest BCUT2D eigenvalue weighted by Gasteiger charge is -2.34. The fraction of sp³-hybridized carbons (Fsp3) is 0.381. The van der Waals surface area contributed by atoms with Crippen molar-refractivity contribution in [3.63, 3.8) is 0 Å². The molecule has 0 saturated carbocycles. The molecule has 0 bridgehead atoms. The lowest BCUT2D eigenvalue weighted by atomic mass is 9.81. The van der Waals surface area contributed by atoms with Gasteiger partial charge in [-0.3, -0.25) is 4.79 Å². The van der Waals surface area contributed by atoms with Crippen molar-refractivity contribution in [2.24, 2.45) is 5.41 Å². The number of rotatable bonds is 6. The molecule has 27 heavy (non-hydrogen) atoms. The van der Waals surface area contributed by atoms with E-state index in [4.69, 9.17) is 4.74 Å². The van der Waals surface area contributed by atoms with Crippen LogP contribution in [-0.4, -0.2) is 25.5 Å². The van der Waals surface area contributed by atoms with Gasteiger partial charge < -0.3 is 15.4 Å². The van der Waals surface area contributed by atoms with Gasteiger partial charge in [0, 0.05) is 18.2 Å². The minimum absolute atomic E-state index is 0.0319. The molecule has 6 heteroatoms. The molecular weight excluding hydrogens is 350 g/mol. The Kier molecular flexibility index (Phi) is 6.06. The van der Waals surface area contributed by atoms with Gasteiger partial charge in [0.2, 0.25) is 6.10 Å². The highest BCUT2D eigenvalue weighted by atomic mass is 19.2. The zero-order chi connectivity index (χ0) is 19.3. The Bertz CT molecular complexity index is 777. The summed E-state index contributed by atoms with van der Waals surface area (Å²) >= 11 is 0. The number of carbonyl (C=O) groups excluding carboxylic acids is 1. The van der Waals surface area contributed by atoms with E-state index in [2.05, 4.69) is 17.6 Å². The number of piperidine rings is 1. The molecule has 1 amide bonds. The molecule has 0 spiro atoms. The molecule has 4 nitrogen and oxygen atoms in total. The molecule has 144 valence electrons. The van der Waals surface area contributed by atoms with Crippen LogP contribution in [0, 0.1) is 17.0 Å². The summed E-state index contributed by atoms with van der Waals surface area (Å²) in [4.78, 5) is 12.9. The van der Waals surface area contributed by atoms with E-state index in [0.717, 1.165) is 38.1 Å². The van der Waals surface area contributed by atoms with Gasteiger partial charge in [-0.25, -0.2) is 8.78 Å². The molecule has 1 aliphatic heterocycles. The van der Waals surface area contributed by atoms with Gasteiger partial charge in [0.25, 0.3) is 5.91 Å². The second-order valence-electron chi connectivity index (χ2n) is 7.26. The third kappa shape index (κ3) is 5.04. The number of hydrogen-bond acceptors (Lipinski definition) is 3. The Balaban J connectivity index is 1.75. The van der Waals surface area contributed by atoms with Crippen molar-refractivity contribution < 1.29 is 18.3 Å². The van der Waals surface area contributed by atoms with Gasteiger partial charge in [-0.05, 0) is 43.5 Å². The first-order valence-corrected chi connectivity index (χ1v) is 9.12. The van der Waals surface area contributed by atoms with Crippen LogP contribution in [0.4, 0.5) is 8.78 Å². The van der Waals surface area contributed by atoms with Gasteiger partial charge in [0.1, 0.15) is 5.75 Å². The van der Waals surface area contributed by atoms with E-state index in [1.54, 1.807) is 24.3 Å². The first kappa shape index (κ1) is 19.3. The molecule has 1 fully saturated rings. The molecule has 2 N–H and O–H groups in total. The molecule has 2 aromatic carbocycles. The first-order chi connectivity index (χ1) is 13.0. The van der Waals surface area contributed by atoms with Gasteiger partial charge in [-0.1, -0.05) is 37.3 Å². The maximum Gasteiger partial charge on any atom is 0.265 e. The minimum atomic E-state index is -1.01. The zero-order valence-electron chi connectivity index (χ0n) is 15.3. The van der Waals surface area contributed by atoms with Crippen LogP contribution in [0.5, 0.6) is 5.75 Å². The quantitative estimate of drug-likeness (QED) is 0.812. The number of carbonyl (C=O) groups is 1. The SMILES string of the molecule is CC1(CNC(=O)C(Oc2ccc(F)c(F)c2)c2ccccc2)CCNCC1. The van der Waals surface area contributed by atoms with Crippen LogP contribution in [0.2, 0.25) is 0 Å². The van der Waals surface area contributed by atoms with Crippen LogP contribution >= 0.6 is 0 Å². The van der Waals surface area contributed by atoms with E-state index >= 15 is 0 Å². The lowest BCUT2D eigenvalue weighted by Crippen LogP contribution is -2.44. The van der Waals surface area contributed by atoms with E-state index in [9.17, 15) is 13.6 Å². The Morgan fingerprint density at radius 2 is 1.85 bits per heavy atom. The van der Waals surface area contributed by atoms with Gasteiger partial charge in [-0.15, -0.1) is 0 Å². The Labute approximate surface area is 157 Å². The lowest BCUT2D eigenvalue weighted by molar-refractivity contribution is -0.128.